The fourth-order valence-corrected chi connectivity index (χ4v) is 2.61. The predicted molar refractivity (Wildman–Crippen MR) is 77.2 cm³/mol. The number of aromatic carboxylic acids is 1. The lowest BCUT2D eigenvalue weighted by Crippen LogP contribution is -2.14. The molecule has 0 atom stereocenters. The van der Waals surface area contributed by atoms with Crippen LogP contribution in [0.25, 0.3) is 0 Å². The zero-order valence-electron chi connectivity index (χ0n) is 10.9. The van der Waals surface area contributed by atoms with Crippen molar-refractivity contribution in [3.63, 3.8) is 0 Å². The van der Waals surface area contributed by atoms with E-state index < -0.39 is 5.97 Å². The van der Waals surface area contributed by atoms with Crippen LogP contribution in [-0.2, 0) is 11.2 Å². The third kappa shape index (κ3) is 3.42. The van der Waals surface area contributed by atoms with Crippen molar-refractivity contribution < 1.29 is 14.7 Å². The monoisotopic (exact) mass is 290 g/mol. The number of thiophene rings is 1. The SMILES string of the molecule is Cc1csc(C(=O)O)c1NC(=O)CCc1cccnc1. The smallest absolute Gasteiger partial charge is 0.348 e. The number of carbonyl (C=O) groups excluding carboxylic acids is 1. The number of pyridine rings is 1. The van der Waals surface area contributed by atoms with Crippen LogP contribution in [0.4, 0.5) is 5.69 Å². The van der Waals surface area contributed by atoms with Gasteiger partial charge in [0, 0.05) is 18.8 Å². The van der Waals surface area contributed by atoms with E-state index in [2.05, 4.69) is 10.3 Å². The lowest BCUT2D eigenvalue weighted by atomic mass is 10.1. The number of hydrogen-bond donors (Lipinski definition) is 2. The molecule has 5 nitrogen and oxygen atoms in total. The molecule has 2 rings (SSSR count). The molecule has 0 saturated heterocycles. The van der Waals surface area contributed by atoms with Gasteiger partial charge in [0.15, 0.2) is 0 Å². The summed E-state index contributed by atoms with van der Waals surface area (Å²) in [6.07, 6.45) is 4.26. The molecule has 2 aromatic rings. The summed E-state index contributed by atoms with van der Waals surface area (Å²) < 4.78 is 0. The Hall–Kier alpha value is -2.21. The molecule has 104 valence electrons. The molecule has 0 bridgehead atoms. The van der Waals surface area contributed by atoms with E-state index in [0.717, 1.165) is 22.5 Å². The lowest BCUT2D eigenvalue weighted by molar-refractivity contribution is -0.116. The van der Waals surface area contributed by atoms with Crippen molar-refractivity contribution >= 4 is 28.9 Å². The summed E-state index contributed by atoms with van der Waals surface area (Å²) in [7, 11) is 0. The van der Waals surface area contributed by atoms with Gasteiger partial charge < -0.3 is 10.4 Å². The second-order valence-electron chi connectivity index (χ2n) is 4.34. The van der Waals surface area contributed by atoms with Gasteiger partial charge in [-0.25, -0.2) is 4.79 Å². The number of aromatic nitrogens is 1. The third-order valence-electron chi connectivity index (χ3n) is 2.80. The highest BCUT2D eigenvalue weighted by Crippen LogP contribution is 2.27. The normalized spacial score (nSPS) is 10.2. The maximum Gasteiger partial charge on any atom is 0.348 e. The van der Waals surface area contributed by atoms with Gasteiger partial charge in [-0.2, -0.15) is 0 Å². The first-order valence-corrected chi connectivity index (χ1v) is 6.96. The zero-order chi connectivity index (χ0) is 14.5. The molecule has 0 unspecified atom stereocenters. The predicted octanol–water partition coefficient (Wildman–Crippen LogP) is 2.72. The first-order chi connectivity index (χ1) is 9.58. The molecule has 0 radical (unpaired) electrons. The number of carbonyl (C=O) groups is 2. The highest BCUT2D eigenvalue weighted by atomic mass is 32.1. The highest BCUT2D eigenvalue weighted by molar-refractivity contribution is 7.12. The summed E-state index contributed by atoms with van der Waals surface area (Å²) in [5.41, 5.74) is 2.14. The van der Waals surface area contributed by atoms with Gasteiger partial charge >= 0.3 is 5.97 Å². The van der Waals surface area contributed by atoms with E-state index >= 15 is 0 Å². The fourth-order valence-electron chi connectivity index (χ4n) is 1.76. The van der Waals surface area contributed by atoms with E-state index in [-0.39, 0.29) is 10.8 Å². The van der Waals surface area contributed by atoms with E-state index in [1.807, 2.05) is 12.1 Å². The first-order valence-electron chi connectivity index (χ1n) is 6.08. The Morgan fingerprint density at radius 1 is 1.45 bits per heavy atom. The number of carboxylic acids is 1. The van der Waals surface area contributed by atoms with Crippen LogP contribution in [0.15, 0.2) is 29.9 Å². The number of aryl methyl sites for hydroxylation is 2. The molecule has 1 amide bonds. The van der Waals surface area contributed by atoms with Gasteiger partial charge in [0.1, 0.15) is 4.88 Å². The summed E-state index contributed by atoms with van der Waals surface area (Å²) in [6, 6.07) is 3.72. The first kappa shape index (κ1) is 14.2. The molecular weight excluding hydrogens is 276 g/mol. The Morgan fingerprint density at radius 3 is 2.90 bits per heavy atom. The fraction of sp³-hybridized carbons (Fsp3) is 0.214. The topological polar surface area (TPSA) is 79.3 Å². The van der Waals surface area contributed by atoms with Gasteiger partial charge in [-0.15, -0.1) is 11.3 Å². The molecule has 6 heteroatoms. The largest absolute Gasteiger partial charge is 0.477 e. The molecule has 2 aromatic heterocycles. The van der Waals surface area contributed by atoms with Crippen LogP contribution >= 0.6 is 11.3 Å². The summed E-state index contributed by atoms with van der Waals surface area (Å²) >= 11 is 1.12. The number of rotatable bonds is 5. The molecule has 20 heavy (non-hydrogen) atoms. The maximum atomic E-state index is 11.9. The molecule has 0 fully saturated rings. The Morgan fingerprint density at radius 2 is 2.25 bits per heavy atom. The summed E-state index contributed by atoms with van der Waals surface area (Å²) in [6.45, 7) is 1.78. The van der Waals surface area contributed by atoms with Crippen LogP contribution in [0.3, 0.4) is 0 Å². The number of anilines is 1. The van der Waals surface area contributed by atoms with Gasteiger partial charge in [-0.3, -0.25) is 9.78 Å². The summed E-state index contributed by atoms with van der Waals surface area (Å²) in [5.74, 6) is -1.22. The number of amides is 1. The van der Waals surface area contributed by atoms with Crippen molar-refractivity contribution in [3.8, 4) is 0 Å². The molecule has 2 N–H and O–H groups in total. The van der Waals surface area contributed by atoms with Crippen molar-refractivity contribution in [1.82, 2.24) is 4.98 Å². The van der Waals surface area contributed by atoms with E-state index in [4.69, 9.17) is 5.11 Å². The van der Waals surface area contributed by atoms with Crippen LogP contribution < -0.4 is 5.32 Å². The van der Waals surface area contributed by atoms with E-state index in [0.29, 0.717) is 18.5 Å². The number of hydrogen-bond acceptors (Lipinski definition) is 4. The van der Waals surface area contributed by atoms with Crippen molar-refractivity contribution in [2.24, 2.45) is 0 Å². The number of nitrogens with zero attached hydrogens (tertiary/aromatic N) is 1. The van der Waals surface area contributed by atoms with Gasteiger partial charge in [0.25, 0.3) is 0 Å². The minimum absolute atomic E-state index is 0.164. The standard InChI is InChI=1S/C14H14N2O3S/c1-9-8-20-13(14(18)19)12(9)16-11(17)5-4-10-3-2-6-15-7-10/h2-3,6-8H,4-5H2,1H3,(H,16,17)(H,18,19). The minimum atomic E-state index is -1.02. The van der Waals surface area contributed by atoms with Gasteiger partial charge in [-0.1, -0.05) is 6.07 Å². The van der Waals surface area contributed by atoms with Gasteiger partial charge in [0.05, 0.1) is 5.69 Å². The van der Waals surface area contributed by atoms with E-state index in [1.165, 1.54) is 0 Å². The van der Waals surface area contributed by atoms with E-state index in [9.17, 15) is 9.59 Å². The van der Waals surface area contributed by atoms with Crippen LogP contribution in [0.5, 0.6) is 0 Å². The van der Waals surface area contributed by atoms with Crippen molar-refractivity contribution in [2.45, 2.75) is 19.8 Å². The van der Waals surface area contributed by atoms with Crippen molar-refractivity contribution in [1.29, 1.82) is 0 Å². The zero-order valence-corrected chi connectivity index (χ0v) is 11.7. The summed E-state index contributed by atoms with van der Waals surface area (Å²) in [5, 5.41) is 13.5. The maximum absolute atomic E-state index is 11.9. The van der Waals surface area contributed by atoms with E-state index in [1.54, 1.807) is 24.7 Å². The second kappa shape index (κ2) is 6.29. The Labute approximate surface area is 120 Å². The van der Waals surface area contributed by atoms with Crippen molar-refractivity contribution in [3.05, 3.63) is 45.9 Å². The molecule has 0 aromatic carbocycles. The van der Waals surface area contributed by atoms with Gasteiger partial charge in [-0.05, 0) is 35.9 Å². The molecule has 2 heterocycles. The van der Waals surface area contributed by atoms with Crippen LogP contribution in [-0.4, -0.2) is 22.0 Å². The average Bonchev–Trinajstić information content (AvgIpc) is 2.79. The summed E-state index contributed by atoms with van der Waals surface area (Å²) in [4.78, 5) is 27.1. The molecule has 0 aliphatic rings. The highest BCUT2D eigenvalue weighted by Gasteiger charge is 2.17. The minimum Gasteiger partial charge on any atom is -0.477 e. The number of carboxylic acid groups (broad SMARTS) is 1. The third-order valence-corrected chi connectivity index (χ3v) is 3.88. The van der Waals surface area contributed by atoms with Crippen LogP contribution in [0.1, 0.15) is 27.2 Å². The van der Waals surface area contributed by atoms with Gasteiger partial charge in [0.2, 0.25) is 5.91 Å². The lowest BCUT2D eigenvalue weighted by Gasteiger charge is -2.06. The second-order valence-corrected chi connectivity index (χ2v) is 5.22. The Balaban J connectivity index is 1.98. The molecular formula is C14H14N2O3S. The van der Waals surface area contributed by atoms with Crippen LogP contribution in [0.2, 0.25) is 0 Å². The molecule has 0 spiro atoms. The molecule has 0 aliphatic heterocycles. The quantitative estimate of drug-likeness (QED) is 0.887. The number of nitrogens with one attached hydrogen (secondary N) is 1. The molecule has 0 saturated carbocycles. The Kier molecular flexibility index (Phi) is 4.47. The average molecular weight is 290 g/mol. The Bertz CT molecular complexity index is 623. The van der Waals surface area contributed by atoms with Crippen LogP contribution in [0, 0.1) is 6.92 Å². The van der Waals surface area contributed by atoms with Crippen molar-refractivity contribution in [2.75, 3.05) is 5.32 Å². The molecule has 0 aliphatic carbocycles.